The molecule has 90 valence electrons. The highest BCUT2D eigenvalue weighted by molar-refractivity contribution is 5.83. The van der Waals surface area contributed by atoms with E-state index in [1.54, 1.807) is 7.11 Å². The minimum atomic E-state index is 0.00797. The molecule has 0 spiro atoms. The molecule has 4 nitrogen and oxygen atoms in total. The van der Waals surface area contributed by atoms with Crippen LogP contribution in [0.1, 0.15) is 5.69 Å². The minimum Gasteiger partial charge on any atom is -0.383 e. The summed E-state index contributed by atoms with van der Waals surface area (Å²) in [4.78, 5) is 14.8. The normalized spacial score (nSPS) is 10.6. The Morgan fingerprint density at radius 1 is 1.41 bits per heavy atom. The van der Waals surface area contributed by atoms with Crippen LogP contribution in [0.2, 0.25) is 0 Å². The lowest BCUT2D eigenvalue weighted by Gasteiger charge is -2.02. The van der Waals surface area contributed by atoms with Crippen LogP contribution in [0.15, 0.2) is 30.3 Å². The summed E-state index contributed by atoms with van der Waals surface area (Å²) in [6.07, 6.45) is 0.373. The van der Waals surface area contributed by atoms with E-state index in [2.05, 4.69) is 10.3 Å². The molecule has 0 aliphatic carbocycles. The number of para-hydroxylation sites is 1. The molecule has 1 heterocycles. The van der Waals surface area contributed by atoms with Crippen LogP contribution in [-0.2, 0) is 16.0 Å². The molecule has 0 unspecified atom stereocenters. The molecule has 0 saturated heterocycles. The first kappa shape index (κ1) is 11.7. The van der Waals surface area contributed by atoms with Crippen LogP contribution in [0.25, 0.3) is 10.9 Å². The topological polar surface area (TPSA) is 54.1 Å². The van der Waals surface area contributed by atoms with Crippen LogP contribution < -0.4 is 5.32 Å². The van der Waals surface area contributed by atoms with E-state index in [-0.39, 0.29) is 5.91 Å². The van der Waals surface area contributed by atoms with Crippen molar-refractivity contribution >= 4 is 16.8 Å². The summed E-state index contributed by atoms with van der Waals surface area (Å²) < 4.78 is 4.87. The third kappa shape index (κ3) is 3.07. The third-order valence-corrected chi connectivity index (χ3v) is 2.57. The Balaban J connectivity index is 1.96. The van der Waals surface area contributed by atoms with E-state index in [0.717, 1.165) is 16.6 Å². The van der Waals surface area contributed by atoms with Gasteiger partial charge < -0.3 is 15.0 Å². The van der Waals surface area contributed by atoms with Gasteiger partial charge in [-0.1, -0.05) is 18.2 Å². The summed E-state index contributed by atoms with van der Waals surface area (Å²) in [6, 6.07) is 9.99. The number of H-pyrrole nitrogens is 1. The molecule has 0 radical (unpaired) electrons. The first-order valence-electron chi connectivity index (χ1n) is 5.62. The molecule has 0 fully saturated rings. The van der Waals surface area contributed by atoms with Gasteiger partial charge in [-0.15, -0.1) is 0 Å². The molecule has 0 aliphatic rings. The Morgan fingerprint density at radius 3 is 3.00 bits per heavy atom. The number of aromatic nitrogens is 1. The molecule has 0 saturated carbocycles. The van der Waals surface area contributed by atoms with Gasteiger partial charge in [0.1, 0.15) is 0 Å². The van der Waals surface area contributed by atoms with Gasteiger partial charge in [0.05, 0.1) is 13.0 Å². The van der Waals surface area contributed by atoms with E-state index in [1.807, 2.05) is 30.3 Å². The number of ether oxygens (including phenoxy) is 1. The molecule has 2 N–H and O–H groups in total. The van der Waals surface area contributed by atoms with Crippen molar-refractivity contribution in [3.63, 3.8) is 0 Å². The molecule has 1 aromatic carbocycles. The Bertz CT molecular complexity index is 472. The lowest BCUT2D eigenvalue weighted by Crippen LogP contribution is -2.28. The van der Waals surface area contributed by atoms with Gasteiger partial charge in [0.2, 0.25) is 5.91 Å². The fraction of sp³-hybridized carbons (Fsp3) is 0.308. The average molecular weight is 232 g/mol. The lowest BCUT2D eigenvalue weighted by atomic mass is 10.2. The second-order valence-corrected chi connectivity index (χ2v) is 3.90. The van der Waals surface area contributed by atoms with E-state index in [4.69, 9.17) is 4.74 Å². The third-order valence-electron chi connectivity index (χ3n) is 2.57. The van der Waals surface area contributed by atoms with Crippen molar-refractivity contribution < 1.29 is 9.53 Å². The largest absolute Gasteiger partial charge is 0.383 e. The molecule has 0 aliphatic heterocycles. The number of amides is 1. The van der Waals surface area contributed by atoms with Crippen LogP contribution in [0.4, 0.5) is 0 Å². The fourth-order valence-corrected chi connectivity index (χ4v) is 1.76. The summed E-state index contributed by atoms with van der Waals surface area (Å²) >= 11 is 0. The number of benzene rings is 1. The molecule has 2 rings (SSSR count). The fourth-order valence-electron chi connectivity index (χ4n) is 1.76. The molecular weight excluding hydrogens is 216 g/mol. The van der Waals surface area contributed by atoms with Gasteiger partial charge in [0.25, 0.3) is 0 Å². The molecule has 2 aromatic rings. The number of aromatic amines is 1. The minimum absolute atomic E-state index is 0.00797. The highest BCUT2D eigenvalue weighted by atomic mass is 16.5. The summed E-state index contributed by atoms with van der Waals surface area (Å²) in [5, 5.41) is 3.92. The van der Waals surface area contributed by atoms with Gasteiger partial charge in [-0.3, -0.25) is 4.79 Å². The van der Waals surface area contributed by atoms with Crippen LogP contribution >= 0.6 is 0 Å². The maximum absolute atomic E-state index is 11.6. The lowest BCUT2D eigenvalue weighted by molar-refractivity contribution is -0.120. The standard InChI is InChI=1S/C13H16N2O2/c1-17-7-6-14-13(16)9-11-8-10-4-2-3-5-12(10)15-11/h2-5,8,15H,6-7,9H2,1H3,(H,14,16). The maximum Gasteiger partial charge on any atom is 0.226 e. The van der Waals surface area contributed by atoms with E-state index in [1.165, 1.54) is 0 Å². The molecule has 1 aromatic heterocycles. The Morgan fingerprint density at radius 2 is 2.24 bits per heavy atom. The van der Waals surface area contributed by atoms with Crippen LogP contribution in [0, 0.1) is 0 Å². The summed E-state index contributed by atoms with van der Waals surface area (Å²) in [6.45, 7) is 1.09. The van der Waals surface area contributed by atoms with Gasteiger partial charge >= 0.3 is 0 Å². The Hall–Kier alpha value is -1.81. The molecule has 1 amide bonds. The molecule has 4 heteroatoms. The first-order valence-corrected chi connectivity index (χ1v) is 5.62. The zero-order chi connectivity index (χ0) is 12.1. The SMILES string of the molecule is COCCNC(=O)Cc1cc2ccccc2[nH]1. The Kier molecular flexibility index (Phi) is 3.77. The van der Waals surface area contributed by atoms with E-state index in [0.29, 0.717) is 19.6 Å². The highest BCUT2D eigenvalue weighted by Gasteiger charge is 2.05. The zero-order valence-corrected chi connectivity index (χ0v) is 9.82. The summed E-state index contributed by atoms with van der Waals surface area (Å²) in [5.74, 6) is 0.00797. The van der Waals surface area contributed by atoms with Gasteiger partial charge in [-0.2, -0.15) is 0 Å². The second kappa shape index (κ2) is 5.50. The van der Waals surface area contributed by atoms with Crippen LogP contribution in [0.5, 0.6) is 0 Å². The number of carbonyl (C=O) groups excluding carboxylic acids is 1. The van der Waals surface area contributed by atoms with Crippen molar-refractivity contribution in [1.29, 1.82) is 0 Å². The zero-order valence-electron chi connectivity index (χ0n) is 9.82. The maximum atomic E-state index is 11.6. The first-order chi connectivity index (χ1) is 8.29. The van der Waals surface area contributed by atoms with Crippen molar-refractivity contribution in [2.75, 3.05) is 20.3 Å². The quantitative estimate of drug-likeness (QED) is 0.767. The number of methoxy groups -OCH3 is 1. The van der Waals surface area contributed by atoms with E-state index >= 15 is 0 Å². The predicted octanol–water partition coefficient (Wildman–Crippen LogP) is 1.47. The van der Waals surface area contributed by atoms with Crippen molar-refractivity contribution in [2.45, 2.75) is 6.42 Å². The summed E-state index contributed by atoms with van der Waals surface area (Å²) in [7, 11) is 1.61. The average Bonchev–Trinajstić information content (AvgIpc) is 2.71. The van der Waals surface area contributed by atoms with Crippen molar-refractivity contribution in [2.24, 2.45) is 0 Å². The number of rotatable bonds is 5. The van der Waals surface area contributed by atoms with Gasteiger partial charge in [0, 0.05) is 24.9 Å². The second-order valence-electron chi connectivity index (χ2n) is 3.90. The summed E-state index contributed by atoms with van der Waals surface area (Å²) in [5.41, 5.74) is 1.99. The predicted molar refractivity (Wildman–Crippen MR) is 66.9 cm³/mol. The monoisotopic (exact) mass is 232 g/mol. The van der Waals surface area contributed by atoms with E-state index in [9.17, 15) is 4.79 Å². The number of nitrogens with one attached hydrogen (secondary N) is 2. The van der Waals surface area contributed by atoms with Crippen LogP contribution in [0.3, 0.4) is 0 Å². The van der Waals surface area contributed by atoms with Crippen molar-refractivity contribution in [3.8, 4) is 0 Å². The van der Waals surface area contributed by atoms with Crippen molar-refractivity contribution in [1.82, 2.24) is 10.3 Å². The number of hydrogen-bond acceptors (Lipinski definition) is 2. The van der Waals surface area contributed by atoms with Crippen LogP contribution in [-0.4, -0.2) is 31.2 Å². The van der Waals surface area contributed by atoms with Gasteiger partial charge in [-0.05, 0) is 17.5 Å². The molecule has 0 atom stereocenters. The van der Waals surface area contributed by atoms with E-state index < -0.39 is 0 Å². The smallest absolute Gasteiger partial charge is 0.226 e. The number of hydrogen-bond donors (Lipinski definition) is 2. The number of carbonyl (C=O) groups is 1. The Labute approximate surface area is 100.0 Å². The highest BCUT2D eigenvalue weighted by Crippen LogP contribution is 2.14. The van der Waals surface area contributed by atoms with Crippen molar-refractivity contribution in [3.05, 3.63) is 36.0 Å². The van der Waals surface area contributed by atoms with Gasteiger partial charge in [0.15, 0.2) is 0 Å². The number of fused-ring (bicyclic) bond motifs is 1. The molecule has 0 bridgehead atoms. The molecular formula is C13H16N2O2. The molecule has 17 heavy (non-hydrogen) atoms. The van der Waals surface area contributed by atoms with Gasteiger partial charge in [-0.25, -0.2) is 0 Å².